The van der Waals surface area contributed by atoms with Crippen molar-refractivity contribution in [3.8, 4) is 0 Å². The first-order valence-electron chi connectivity index (χ1n) is 7.26. The number of fused-ring (bicyclic) bond motifs is 3. The van der Waals surface area contributed by atoms with Crippen molar-refractivity contribution < 1.29 is 14.6 Å². The van der Waals surface area contributed by atoms with Gasteiger partial charge in [-0.3, -0.25) is 14.6 Å². The van der Waals surface area contributed by atoms with Gasteiger partial charge in [0.1, 0.15) is 0 Å². The molecule has 2 bridgehead atoms. The topological polar surface area (TPSA) is 65.9 Å². The molecular weight excluding hydrogens is 290 g/mol. The zero-order valence-electron chi connectivity index (χ0n) is 12.2. The van der Waals surface area contributed by atoms with Gasteiger partial charge in [-0.2, -0.15) is 0 Å². The van der Waals surface area contributed by atoms with Crippen molar-refractivity contribution in [2.45, 2.75) is 19.5 Å². The molecule has 1 aromatic heterocycles. The quantitative estimate of drug-likeness (QED) is 0.881. The SMILES string of the molecule is Cc1ncsc1CN1C[C@H]2COC[C@@H]1CN(CC(=O)O)C2. The van der Waals surface area contributed by atoms with Crippen LogP contribution in [0.25, 0.3) is 0 Å². The Hall–Kier alpha value is -1.02. The Kier molecular flexibility index (Phi) is 4.54. The van der Waals surface area contributed by atoms with E-state index in [1.807, 2.05) is 12.4 Å². The number of carbonyl (C=O) groups is 1. The maximum Gasteiger partial charge on any atom is 0.317 e. The summed E-state index contributed by atoms with van der Waals surface area (Å²) in [4.78, 5) is 21.1. The fourth-order valence-corrected chi connectivity index (χ4v) is 4.00. The minimum Gasteiger partial charge on any atom is -0.480 e. The van der Waals surface area contributed by atoms with Crippen LogP contribution in [-0.4, -0.2) is 71.3 Å². The van der Waals surface area contributed by atoms with Crippen molar-refractivity contribution in [2.75, 3.05) is 39.4 Å². The first-order valence-corrected chi connectivity index (χ1v) is 8.14. The molecule has 2 fully saturated rings. The second-order valence-electron chi connectivity index (χ2n) is 5.94. The van der Waals surface area contributed by atoms with Gasteiger partial charge in [-0.1, -0.05) is 0 Å². The number of carboxylic acids is 1. The standard InChI is InChI=1S/C14H21N3O3S/c1-10-13(21-9-15-10)5-17-3-11-2-16(6-14(18)19)4-12(17)8-20-7-11/h9,11-12H,2-8H2,1H3,(H,18,19)/t11-,12-/m0/s1. The number of hydrogen-bond donors (Lipinski definition) is 1. The van der Waals surface area contributed by atoms with Crippen molar-refractivity contribution in [3.63, 3.8) is 0 Å². The number of thiazole rings is 1. The van der Waals surface area contributed by atoms with Crippen LogP contribution >= 0.6 is 11.3 Å². The minimum atomic E-state index is -0.749. The molecule has 21 heavy (non-hydrogen) atoms. The van der Waals surface area contributed by atoms with Crippen molar-refractivity contribution in [3.05, 3.63) is 16.1 Å². The van der Waals surface area contributed by atoms with Crippen LogP contribution in [0.5, 0.6) is 0 Å². The lowest BCUT2D eigenvalue weighted by atomic mass is 10.1. The van der Waals surface area contributed by atoms with Gasteiger partial charge in [0, 0.05) is 43.0 Å². The second kappa shape index (κ2) is 6.39. The molecule has 116 valence electrons. The molecular formula is C14H21N3O3S. The van der Waals surface area contributed by atoms with E-state index in [2.05, 4.69) is 14.8 Å². The van der Waals surface area contributed by atoms with Gasteiger partial charge >= 0.3 is 5.97 Å². The zero-order chi connectivity index (χ0) is 14.8. The summed E-state index contributed by atoms with van der Waals surface area (Å²) in [7, 11) is 0. The molecule has 2 saturated heterocycles. The fourth-order valence-electron chi connectivity index (χ4n) is 3.20. The van der Waals surface area contributed by atoms with E-state index in [0.717, 1.165) is 38.5 Å². The van der Waals surface area contributed by atoms with Gasteiger partial charge in [0.15, 0.2) is 0 Å². The normalized spacial score (nSPS) is 27.5. The first kappa shape index (κ1) is 14.9. The molecule has 0 spiro atoms. The van der Waals surface area contributed by atoms with Crippen molar-refractivity contribution in [1.29, 1.82) is 0 Å². The molecule has 1 aromatic rings. The van der Waals surface area contributed by atoms with Gasteiger partial charge < -0.3 is 9.84 Å². The van der Waals surface area contributed by atoms with Crippen LogP contribution in [0.1, 0.15) is 10.6 Å². The average molecular weight is 311 g/mol. The largest absolute Gasteiger partial charge is 0.480 e. The molecule has 2 atom stereocenters. The van der Waals surface area contributed by atoms with Gasteiger partial charge in [0.25, 0.3) is 0 Å². The van der Waals surface area contributed by atoms with Crippen LogP contribution in [0.4, 0.5) is 0 Å². The van der Waals surface area contributed by atoms with Crippen LogP contribution in [0.15, 0.2) is 5.51 Å². The highest BCUT2D eigenvalue weighted by atomic mass is 32.1. The maximum absolute atomic E-state index is 11.0. The maximum atomic E-state index is 11.0. The Balaban J connectivity index is 1.73. The van der Waals surface area contributed by atoms with E-state index >= 15 is 0 Å². The Morgan fingerprint density at radius 3 is 3.05 bits per heavy atom. The van der Waals surface area contributed by atoms with Crippen molar-refractivity contribution >= 4 is 17.3 Å². The summed E-state index contributed by atoms with van der Waals surface area (Å²) in [5.41, 5.74) is 2.99. The zero-order valence-corrected chi connectivity index (χ0v) is 13.0. The predicted molar refractivity (Wildman–Crippen MR) is 79.4 cm³/mol. The number of ether oxygens (including phenoxy) is 1. The first-order chi connectivity index (χ1) is 10.1. The fraction of sp³-hybridized carbons (Fsp3) is 0.714. The summed E-state index contributed by atoms with van der Waals surface area (Å²) in [6, 6.07) is 0.262. The van der Waals surface area contributed by atoms with Crippen molar-refractivity contribution in [1.82, 2.24) is 14.8 Å². The van der Waals surface area contributed by atoms with Gasteiger partial charge in [0.05, 0.1) is 31.0 Å². The third-order valence-corrected chi connectivity index (χ3v) is 5.13. The smallest absolute Gasteiger partial charge is 0.317 e. The predicted octanol–water partition coefficient (Wildman–Crippen LogP) is 0.669. The van der Waals surface area contributed by atoms with Crippen molar-refractivity contribution in [2.24, 2.45) is 5.92 Å². The molecule has 7 heteroatoms. The number of aromatic nitrogens is 1. The second-order valence-corrected chi connectivity index (χ2v) is 6.87. The molecule has 3 heterocycles. The molecule has 6 nitrogen and oxygen atoms in total. The molecule has 0 aliphatic carbocycles. The van der Waals surface area contributed by atoms with Gasteiger partial charge in [-0.05, 0) is 6.92 Å². The van der Waals surface area contributed by atoms with Crippen LogP contribution < -0.4 is 0 Å². The lowest BCUT2D eigenvalue weighted by Gasteiger charge is -2.30. The average Bonchev–Trinajstić information content (AvgIpc) is 2.61. The molecule has 1 N–H and O–H groups in total. The van der Waals surface area contributed by atoms with E-state index < -0.39 is 5.97 Å². The van der Waals surface area contributed by atoms with Crippen LogP contribution in [0.3, 0.4) is 0 Å². The Morgan fingerprint density at radius 2 is 2.33 bits per heavy atom. The number of rotatable bonds is 4. The molecule has 3 rings (SSSR count). The number of hydrogen-bond acceptors (Lipinski definition) is 6. The summed E-state index contributed by atoms with van der Waals surface area (Å²) in [6.07, 6.45) is 0. The summed E-state index contributed by atoms with van der Waals surface area (Å²) < 4.78 is 5.77. The molecule has 2 aliphatic rings. The lowest BCUT2D eigenvalue weighted by Crippen LogP contribution is -2.44. The third kappa shape index (κ3) is 3.60. The minimum absolute atomic E-state index is 0.125. The third-order valence-electron chi connectivity index (χ3n) is 4.21. The van der Waals surface area contributed by atoms with Crippen LogP contribution in [-0.2, 0) is 16.1 Å². The molecule has 0 amide bonds. The summed E-state index contributed by atoms with van der Waals surface area (Å²) in [6.45, 7) is 7.01. The summed E-state index contributed by atoms with van der Waals surface area (Å²) >= 11 is 1.69. The number of carboxylic acid groups (broad SMARTS) is 1. The Morgan fingerprint density at radius 1 is 1.48 bits per heavy atom. The highest BCUT2D eigenvalue weighted by Gasteiger charge is 2.34. The molecule has 2 aliphatic heterocycles. The van der Waals surface area contributed by atoms with Gasteiger partial charge in [-0.25, -0.2) is 4.98 Å². The highest BCUT2D eigenvalue weighted by Crippen LogP contribution is 2.23. The van der Waals surface area contributed by atoms with E-state index in [-0.39, 0.29) is 12.6 Å². The molecule has 0 unspecified atom stereocenters. The summed E-state index contributed by atoms with van der Waals surface area (Å²) in [5, 5.41) is 9.04. The van der Waals surface area contributed by atoms with Crippen LogP contribution in [0, 0.1) is 12.8 Å². The van der Waals surface area contributed by atoms with Crippen LogP contribution in [0.2, 0.25) is 0 Å². The monoisotopic (exact) mass is 311 g/mol. The highest BCUT2D eigenvalue weighted by molar-refractivity contribution is 7.09. The molecule has 0 radical (unpaired) electrons. The lowest BCUT2D eigenvalue weighted by molar-refractivity contribution is -0.138. The van der Waals surface area contributed by atoms with Gasteiger partial charge in [0.2, 0.25) is 0 Å². The molecule has 0 aromatic carbocycles. The van der Waals surface area contributed by atoms with E-state index in [1.54, 1.807) is 11.3 Å². The van der Waals surface area contributed by atoms with E-state index in [1.165, 1.54) is 4.88 Å². The van der Waals surface area contributed by atoms with E-state index in [0.29, 0.717) is 12.5 Å². The Labute approximate surface area is 128 Å². The summed E-state index contributed by atoms with van der Waals surface area (Å²) in [5.74, 6) is -0.370. The molecule has 0 saturated carbocycles. The Bertz CT molecular complexity index is 507. The van der Waals surface area contributed by atoms with E-state index in [9.17, 15) is 4.79 Å². The number of aryl methyl sites for hydroxylation is 1. The number of aliphatic carboxylic acids is 1. The van der Waals surface area contributed by atoms with E-state index in [4.69, 9.17) is 9.84 Å². The van der Waals surface area contributed by atoms with Gasteiger partial charge in [-0.15, -0.1) is 11.3 Å². The number of nitrogens with zero attached hydrogens (tertiary/aromatic N) is 3.